The fourth-order valence-electron chi connectivity index (χ4n) is 12.2. The van der Waals surface area contributed by atoms with Crippen LogP contribution in [0.15, 0.2) is 243 Å². The molecule has 79 heavy (non-hydrogen) atoms. The lowest BCUT2D eigenvalue weighted by Gasteiger charge is -2.28. The third-order valence-electron chi connectivity index (χ3n) is 16.0. The van der Waals surface area contributed by atoms with Crippen molar-refractivity contribution in [1.29, 1.82) is 0 Å². The third-order valence-corrected chi connectivity index (χ3v) is 16.0. The van der Waals surface area contributed by atoms with Crippen LogP contribution in [0, 0.1) is 49.4 Å². The van der Waals surface area contributed by atoms with Crippen molar-refractivity contribution in [3.8, 4) is 122 Å². The molecule has 11 aromatic carbocycles. The Hall–Kier alpha value is -10.7. The van der Waals surface area contributed by atoms with Crippen LogP contribution in [0.3, 0.4) is 0 Å². The molecule has 1 aliphatic rings. The summed E-state index contributed by atoms with van der Waals surface area (Å²) in [5.74, 6) is 11.4. The van der Waals surface area contributed by atoms with E-state index in [4.69, 9.17) is 25.7 Å². The molecular weight excluding hydrogens is 953 g/mol. The van der Waals surface area contributed by atoms with Crippen molar-refractivity contribution in [2.75, 3.05) is 4.90 Å². The van der Waals surface area contributed by atoms with Crippen LogP contribution in [0.1, 0.15) is 47.2 Å². The quantitative estimate of drug-likeness (QED) is 0.131. The summed E-state index contributed by atoms with van der Waals surface area (Å²) in [7, 11) is 0. The van der Waals surface area contributed by atoms with E-state index in [0.717, 1.165) is 78.4 Å². The maximum absolute atomic E-state index is 6.23. The van der Waals surface area contributed by atoms with Gasteiger partial charge in [-0.3, -0.25) is 0 Å². The third kappa shape index (κ3) is 8.00. The van der Waals surface area contributed by atoms with Gasteiger partial charge in [-0.1, -0.05) is 195 Å². The summed E-state index contributed by atoms with van der Waals surface area (Å²) in [4.78, 5) is 2.38. The standard InChI is InChI=1S/C77H50N2/c1-7-51-22-19-30-64(62(51)9-3)69-32-21-33-70(65-31-20-23-52(8-2)63(65)10-4)76(69)57-25-18-24-55(48-57)53-36-41-59(42-37-53)78(61-45-46-67-66-28-14-16-34-72(66)77(5,6)73(67)50-61)60-43-38-54(39-44-60)56-40-47-75-71(49-56)68-29-15-17-35-74(68)79(75)58-26-12-11-13-27-58/h1-4,11-50H,5-6H3. The summed E-state index contributed by atoms with van der Waals surface area (Å²) in [5, 5.41) is 2.45. The number of hydrogen-bond donors (Lipinski definition) is 0. The predicted octanol–water partition coefficient (Wildman–Crippen LogP) is 18.8. The van der Waals surface area contributed by atoms with Gasteiger partial charge in [-0.25, -0.2) is 0 Å². The molecular formula is C77H50N2. The van der Waals surface area contributed by atoms with Gasteiger partial charge >= 0.3 is 0 Å². The topological polar surface area (TPSA) is 8.17 Å². The molecule has 1 aliphatic carbocycles. The van der Waals surface area contributed by atoms with Crippen LogP contribution in [-0.4, -0.2) is 4.57 Å². The average molecular weight is 1000 g/mol. The van der Waals surface area contributed by atoms with Gasteiger partial charge in [-0.15, -0.1) is 25.7 Å². The van der Waals surface area contributed by atoms with Crippen molar-refractivity contribution in [3.05, 3.63) is 276 Å². The Morgan fingerprint density at radius 3 is 1.48 bits per heavy atom. The monoisotopic (exact) mass is 1000 g/mol. The molecule has 0 aliphatic heterocycles. The molecule has 2 nitrogen and oxygen atoms in total. The zero-order chi connectivity index (χ0) is 53.8. The van der Waals surface area contributed by atoms with Crippen molar-refractivity contribution in [2.45, 2.75) is 19.3 Å². The molecule has 0 amide bonds. The van der Waals surface area contributed by atoms with Crippen LogP contribution in [-0.2, 0) is 5.41 Å². The number of aromatic nitrogens is 1. The molecule has 0 unspecified atom stereocenters. The first-order valence-corrected chi connectivity index (χ1v) is 26.5. The van der Waals surface area contributed by atoms with E-state index in [1.54, 1.807) is 0 Å². The molecule has 0 fully saturated rings. The molecule has 0 saturated carbocycles. The van der Waals surface area contributed by atoms with Gasteiger partial charge < -0.3 is 9.47 Å². The van der Waals surface area contributed by atoms with E-state index >= 15 is 0 Å². The molecule has 0 spiro atoms. The lowest BCUT2D eigenvalue weighted by molar-refractivity contribution is 0.660. The highest BCUT2D eigenvalue weighted by Gasteiger charge is 2.36. The van der Waals surface area contributed by atoms with Crippen molar-refractivity contribution >= 4 is 38.9 Å². The van der Waals surface area contributed by atoms with E-state index in [2.05, 4.69) is 247 Å². The number of anilines is 3. The van der Waals surface area contributed by atoms with Crippen LogP contribution in [0.2, 0.25) is 0 Å². The van der Waals surface area contributed by atoms with Gasteiger partial charge in [-0.2, -0.15) is 0 Å². The molecule has 1 heterocycles. The van der Waals surface area contributed by atoms with Crippen LogP contribution in [0.25, 0.3) is 94.3 Å². The second-order valence-electron chi connectivity index (χ2n) is 20.6. The molecule has 0 bridgehead atoms. The minimum Gasteiger partial charge on any atom is -0.310 e. The fraction of sp³-hybridized carbons (Fsp3) is 0.0390. The summed E-state index contributed by atoms with van der Waals surface area (Å²) in [5.41, 5.74) is 24.3. The number of rotatable bonds is 9. The number of terminal acetylenes is 4. The normalized spacial score (nSPS) is 12.0. The minimum atomic E-state index is -0.174. The first-order chi connectivity index (χ1) is 38.8. The molecule has 2 heteroatoms. The Labute approximate surface area is 462 Å². The Kier molecular flexibility index (Phi) is 11.8. The van der Waals surface area contributed by atoms with E-state index in [-0.39, 0.29) is 5.41 Å². The van der Waals surface area contributed by atoms with Crippen molar-refractivity contribution < 1.29 is 0 Å². The minimum absolute atomic E-state index is 0.174. The van der Waals surface area contributed by atoms with Gasteiger partial charge in [0, 0.05) is 61.2 Å². The van der Waals surface area contributed by atoms with Crippen LogP contribution >= 0.6 is 0 Å². The Morgan fingerprint density at radius 2 is 0.835 bits per heavy atom. The first kappa shape index (κ1) is 47.9. The molecule has 0 N–H and O–H groups in total. The molecule has 368 valence electrons. The van der Waals surface area contributed by atoms with Crippen LogP contribution < -0.4 is 4.90 Å². The summed E-state index contributed by atoms with van der Waals surface area (Å²) in [6.07, 6.45) is 24.5. The van der Waals surface area contributed by atoms with E-state index < -0.39 is 0 Å². The zero-order valence-electron chi connectivity index (χ0n) is 43.8. The van der Waals surface area contributed by atoms with Gasteiger partial charge in [0.25, 0.3) is 0 Å². The Morgan fingerprint density at radius 1 is 0.342 bits per heavy atom. The van der Waals surface area contributed by atoms with E-state index in [9.17, 15) is 0 Å². The highest BCUT2D eigenvalue weighted by atomic mass is 15.1. The van der Waals surface area contributed by atoms with Crippen molar-refractivity contribution in [2.24, 2.45) is 0 Å². The van der Waals surface area contributed by atoms with Gasteiger partial charge in [-0.05, 0) is 163 Å². The van der Waals surface area contributed by atoms with Gasteiger partial charge in [0.15, 0.2) is 0 Å². The van der Waals surface area contributed by atoms with Crippen molar-refractivity contribution in [3.63, 3.8) is 0 Å². The maximum Gasteiger partial charge on any atom is 0.0541 e. The first-order valence-electron chi connectivity index (χ1n) is 26.5. The molecule has 0 saturated heterocycles. The molecule has 12 aromatic rings. The van der Waals surface area contributed by atoms with Gasteiger partial charge in [0.1, 0.15) is 0 Å². The predicted molar refractivity (Wildman–Crippen MR) is 332 cm³/mol. The van der Waals surface area contributed by atoms with Crippen LogP contribution in [0.4, 0.5) is 17.1 Å². The summed E-state index contributed by atoms with van der Waals surface area (Å²) < 4.78 is 2.36. The molecule has 0 radical (unpaired) electrons. The largest absolute Gasteiger partial charge is 0.310 e. The molecule has 0 atom stereocenters. The number of para-hydroxylation sites is 2. The second-order valence-corrected chi connectivity index (χ2v) is 20.6. The second kappa shape index (κ2) is 19.4. The fourth-order valence-corrected chi connectivity index (χ4v) is 12.2. The van der Waals surface area contributed by atoms with Gasteiger partial charge in [0.2, 0.25) is 0 Å². The average Bonchev–Trinajstić information content (AvgIpc) is 4.14. The van der Waals surface area contributed by atoms with Crippen molar-refractivity contribution in [1.82, 2.24) is 4.57 Å². The number of hydrogen-bond acceptors (Lipinski definition) is 1. The lowest BCUT2D eigenvalue weighted by atomic mass is 9.82. The number of benzene rings is 11. The number of fused-ring (bicyclic) bond motifs is 6. The number of nitrogens with zero attached hydrogens (tertiary/aromatic N) is 2. The van der Waals surface area contributed by atoms with E-state index in [0.29, 0.717) is 22.3 Å². The molecule has 13 rings (SSSR count). The smallest absolute Gasteiger partial charge is 0.0541 e. The lowest BCUT2D eigenvalue weighted by Crippen LogP contribution is -2.16. The van der Waals surface area contributed by atoms with E-state index in [1.807, 2.05) is 42.5 Å². The van der Waals surface area contributed by atoms with Gasteiger partial charge in [0.05, 0.1) is 11.0 Å². The van der Waals surface area contributed by atoms with E-state index in [1.165, 1.54) is 44.1 Å². The summed E-state index contributed by atoms with van der Waals surface area (Å²) >= 11 is 0. The molecule has 1 aromatic heterocycles. The maximum atomic E-state index is 6.23. The summed E-state index contributed by atoms with van der Waals surface area (Å²) in [6.45, 7) is 4.67. The zero-order valence-corrected chi connectivity index (χ0v) is 43.8. The van der Waals surface area contributed by atoms with Crippen LogP contribution in [0.5, 0.6) is 0 Å². The highest BCUT2D eigenvalue weighted by molar-refractivity contribution is 6.10. The Balaban J connectivity index is 0.916. The Bertz CT molecular complexity index is 4500. The SMILES string of the molecule is C#Cc1cccc(-c2cccc(-c3cccc(C#C)c3C#C)c2-c2cccc(-c3ccc(N(c4ccc(-c5ccc6c(c5)c5ccccc5n6-c5ccccc5)cc4)c4ccc5c(c4)C(C)(C)c4ccccc4-5)cc3)c2)c1C#C. The highest BCUT2D eigenvalue weighted by Crippen LogP contribution is 2.51. The summed E-state index contributed by atoms with van der Waals surface area (Å²) in [6, 6.07) is 86.5.